The van der Waals surface area contributed by atoms with Gasteiger partial charge in [0.25, 0.3) is 5.56 Å². The number of rotatable bonds is 4. The number of esters is 1. The molecule has 0 unspecified atom stereocenters. The Labute approximate surface area is 161 Å². The molecule has 0 radical (unpaired) electrons. The maximum atomic E-state index is 12.3. The van der Waals surface area contributed by atoms with Crippen LogP contribution in [0.3, 0.4) is 0 Å². The van der Waals surface area contributed by atoms with Crippen molar-refractivity contribution in [3.8, 4) is 5.75 Å². The van der Waals surface area contributed by atoms with Crippen LogP contribution in [0.25, 0.3) is 21.0 Å². The lowest BCUT2D eigenvalue weighted by Gasteiger charge is -2.07. The summed E-state index contributed by atoms with van der Waals surface area (Å²) in [6.45, 7) is 0.233. The molecule has 0 saturated heterocycles. The van der Waals surface area contributed by atoms with Crippen LogP contribution in [0.5, 0.6) is 5.75 Å². The molecule has 4 aromatic rings. The molecule has 7 heteroatoms. The quantitative estimate of drug-likeness (QED) is 0.357. The molecule has 0 atom stereocenters. The first-order valence-electron chi connectivity index (χ1n) is 7.93. The minimum atomic E-state index is -0.390. The van der Waals surface area contributed by atoms with Crippen LogP contribution >= 0.6 is 27.3 Å². The molecule has 0 aliphatic heterocycles. The van der Waals surface area contributed by atoms with Gasteiger partial charge in [-0.1, -0.05) is 28.1 Å². The second-order valence-electron chi connectivity index (χ2n) is 5.76. The molecule has 2 aromatic heterocycles. The summed E-state index contributed by atoms with van der Waals surface area (Å²) in [5.74, 6) is 0.0994. The predicted molar refractivity (Wildman–Crippen MR) is 106 cm³/mol. The Bertz CT molecular complexity index is 1180. The highest BCUT2D eigenvalue weighted by Gasteiger charge is 2.09. The van der Waals surface area contributed by atoms with Crippen molar-refractivity contribution in [1.82, 2.24) is 9.55 Å². The molecule has 0 amide bonds. The number of aromatic nitrogens is 2. The monoisotopic (exact) mass is 428 g/mol. The fourth-order valence-corrected chi connectivity index (χ4v) is 3.81. The van der Waals surface area contributed by atoms with Crippen molar-refractivity contribution in [3.05, 3.63) is 69.0 Å². The van der Waals surface area contributed by atoms with E-state index in [4.69, 9.17) is 4.74 Å². The summed E-state index contributed by atoms with van der Waals surface area (Å²) < 4.78 is 7.84. The van der Waals surface area contributed by atoms with E-state index in [0.29, 0.717) is 16.0 Å². The summed E-state index contributed by atoms with van der Waals surface area (Å²) in [6.07, 6.45) is 1.57. The average Bonchev–Trinajstić information content (AvgIpc) is 3.11. The molecule has 0 fully saturated rings. The van der Waals surface area contributed by atoms with Gasteiger partial charge in [-0.15, -0.1) is 11.3 Å². The Morgan fingerprint density at radius 3 is 2.85 bits per heavy atom. The molecule has 4 rings (SSSR count). The molecule has 0 N–H and O–H groups in total. The number of aryl methyl sites for hydroxylation is 1. The SMILES string of the molecule is O=C(CCn1cnc2sccc2c1=O)Oc1ccc2cc(Br)ccc2c1. The number of carbonyl (C=O) groups excluding carboxylic acids is 1. The number of carbonyl (C=O) groups is 1. The van der Waals surface area contributed by atoms with E-state index in [0.717, 1.165) is 15.2 Å². The molecule has 0 saturated carbocycles. The predicted octanol–water partition coefficient (Wildman–Crippen LogP) is 4.37. The molecule has 5 nitrogen and oxygen atoms in total. The highest BCUT2D eigenvalue weighted by atomic mass is 79.9. The van der Waals surface area contributed by atoms with Crippen molar-refractivity contribution in [2.24, 2.45) is 0 Å². The highest BCUT2D eigenvalue weighted by molar-refractivity contribution is 9.10. The lowest BCUT2D eigenvalue weighted by Crippen LogP contribution is -2.22. The van der Waals surface area contributed by atoms with Gasteiger partial charge in [-0.05, 0) is 46.5 Å². The number of fused-ring (bicyclic) bond motifs is 2. The van der Waals surface area contributed by atoms with Crippen LogP contribution in [0, 0.1) is 0 Å². The molecule has 2 aromatic carbocycles. The molecule has 26 heavy (non-hydrogen) atoms. The molecule has 0 spiro atoms. The Hall–Kier alpha value is -2.51. The van der Waals surface area contributed by atoms with E-state index in [1.807, 2.05) is 35.7 Å². The molecular formula is C19H13BrN2O3S. The van der Waals surface area contributed by atoms with E-state index in [-0.39, 0.29) is 18.5 Å². The van der Waals surface area contributed by atoms with Crippen molar-refractivity contribution >= 4 is 54.2 Å². The van der Waals surface area contributed by atoms with Gasteiger partial charge in [0.2, 0.25) is 0 Å². The van der Waals surface area contributed by atoms with Gasteiger partial charge >= 0.3 is 5.97 Å². The summed E-state index contributed by atoms with van der Waals surface area (Å²) in [5, 5.41) is 4.45. The van der Waals surface area contributed by atoms with Crippen LogP contribution in [0.15, 0.2) is 63.4 Å². The largest absolute Gasteiger partial charge is 0.426 e. The van der Waals surface area contributed by atoms with Crippen LogP contribution < -0.4 is 10.3 Å². The molecular weight excluding hydrogens is 416 g/mol. The second-order valence-corrected chi connectivity index (χ2v) is 7.57. The van der Waals surface area contributed by atoms with Crippen molar-refractivity contribution < 1.29 is 9.53 Å². The van der Waals surface area contributed by atoms with Crippen molar-refractivity contribution in [1.29, 1.82) is 0 Å². The fourth-order valence-electron chi connectivity index (χ4n) is 2.70. The number of halogens is 1. The number of thiophene rings is 1. The summed E-state index contributed by atoms with van der Waals surface area (Å²) in [5.41, 5.74) is -0.139. The van der Waals surface area contributed by atoms with E-state index < -0.39 is 5.97 Å². The van der Waals surface area contributed by atoms with Crippen LogP contribution in [-0.2, 0) is 11.3 Å². The zero-order valence-corrected chi connectivity index (χ0v) is 15.9. The minimum Gasteiger partial charge on any atom is -0.426 e. The highest BCUT2D eigenvalue weighted by Crippen LogP contribution is 2.24. The standard InChI is InChI=1S/C19H13BrN2O3S/c20-14-3-1-13-10-15(4-2-12(13)9-14)25-17(23)5-7-22-11-21-18-16(19(22)24)6-8-26-18/h1-4,6,8-11H,5,7H2. The first-order chi connectivity index (χ1) is 12.6. The van der Waals surface area contributed by atoms with Crippen molar-refractivity contribution in [3.63, 3.8) is 0 Å². The zero-order chi connectivity index (χ0) is 18.1. The number of hydrogen-bond acceptors (Lipinski definition) is 5. The summed E-state index contributed by atoms with van der Waals surface area (Å²) in [7, 11) is 0. The van der Waals surface area contributed by atoms with E-state index in [2.05, 4.69) is 20.9 Å². The number of benzene rings is 2. The van der Waals surface area contributed by atoms with E-state index in [1.165, 1.54) is 22.2 Å². The molecule has 0 bridgehead atoms. The van der Waals surface area contributed by atoms with E-state index in [9.17, 15) is 9.59 Å². The molecule has 130 valence electrons. The van der Waals surface area contributed by atoms with Gasteiger partial charge in [0, 0.05) is 11.0 Å². The first-order valence-corrected chi connectivity index (χ1v) is 9.60. The maximum absolute atomic E-state index is 12.3. The van der Waals surface area contributed by atoms with Crippen molar-refractivity contribution in [2.45, 2.75) is 13.0 Å². The van der Waals surface area contributed by atoms with Crippen LogP contribution in [0.1, 0.15) is 6.42 Å². The van der Waals surface area contributed by atoms with E-state index >= 15 is 0 Å². The van der Waals surface area contributed by atoms with E-state index in [1.54, 1.807) is 12.1 Å². The third kappa shape index (κ3) is 3.40. The van der Waals surface area contributed by atoms with Gasteiger partial charge in [-0.25, -0.2) is 4.98 Å². The maximum Gasteiger partial charge on any atom is 0.312 e. The molecule has 2 heterocycles. The molecule has 0 aliphatic carbocycles. The lowest BCUT2D eigenvalue weighted by molar-refractivity contribution is -0.134. The van der Waals surface area contributed by atoms with Gasteiger partial charge in [0.15, 0.2) is 0 Å². The second kappa shape index (κ2) is 7.01. The van der Waals surface area contributed by atoms with Crippen LogP contribution in [-0.4, -0.2) is 15.5 Å². The third-order valence-electron chi connectivity index (χ3n) is 4.01. The summed E-state index contributed by atoms with van der Waals surface area (Å²) in [4.78, 5) is 29.4. The number of nitrogens with zero attached hydrogens (tertiary/aromatic N) is 2. The summed E-state index contributed by atoms with van der Waals surface area (Å²) >= 11 is 4.85. The first kappa shape index (κ1) is 16.9. The number of hydrogen-bond donors (Lipinski definition) is 0. The summed E-state index contributed by atoms with van der Waals surface area (Å²) in [6, 6.07) is 13.1. The minimum absolute atomic E-state index is 0.0929. The van der Waals surface area contributed by atoms with Gasteiger partial charge in [0.1, 0.15) is 10.6 Å². The Morgan fingerprint density at radius 1 is 1.15 bits per heavy atom. The average molecular weight is 429 g/mol. The van der Waals surface area contributed by atoms with Gasteiger partial charge in [-0.3, -0.25) is 14.2 Å². The third-order valence-corrected chi connectivity index (χ3v) is 5.33. The fraction of sp³-hybridized carbons (Fsp3) is 0.105. The van der Waals surface area contributed by atoms with Crippen LogP contribution in [0.4, 0.5) is 0 Å². The molecule has 0 aliphatic rings. The Kier molecular flexibility index (Phi) is 4.57. The number of ether oxygens (including phenoxy) is 1. The Morgan fingerprint density at radius 2 is 1.96 bits per heavy atom. The smallest absolute Gasteiger partial charge is 0.312 e. The Balaban J connectivity index is 1.45. The normalized spacial score (nSPS) is 11.1. The van der Waals surface area contributed by atoms with Crippen molar-refractivity contribution in [2.75, 3.05) is 0 Å². The van der Waals surface area contributed by atoms with Gasteiger partial charge in [0.05, 0.1) is 18.1 Å². The van der Waals surface area contributed by atoms with Crippen LogP contribution in [0.2, 0.25) is 0 Å². The lowest BCUT2D eigenvalue weighted by atomic mass is 10.1. The zero-order valence-electron chi connectivity index (χ0n) is 13.5. The topological polar surface area (TPSA) is 61.2 Å². The van der Waals surface area contributed by atoms with Gasteiger partial charge < -0.3 is 4.74 Å². The van der Waals surface area contributed by atoms with Gasteiger partial charge in [-0.2, -0.15) is 0 Å².